The zero-order chi connectivity index (χ0) is 13.1. The van der Waals surface area contributed by atoms with E-state index in [0.29, 0.717) is 0 Å². The maximum atomic E-state index is 5.61. The maximum Gasteiger partial charge on any atom is 0.159 e. The Bertz CT molecular complexity index is 533. The molecule has 3 nitrogen and oxygen atoms in total. The van der Waals surface area contributed by atoms with Crippen LogP contribution in [-0.4, -0.2) is 16.1 Å². The van der Waals surface area contributed by atoms with E-state index in [-0.39, 0.29) is 6.10 Å². The van der Waals surface area contributed by atoms with Crippen molar-refractivity contribution in [2.75, 3.05) is 0 Å². The van der Waals surface area contributed by atoms with Crippen LogP contribution in [0.2, 0.25) is 0 Å². The highest BCUT2D eigenvalue weighted by Gasteiger charge is 2.04. The van der Waals surface area contributed by atoms with Gasteiger partial charge in [0.15, 0.2) is 5.82 Å². The van der Waals surface area contributed by atoms with Crippen LogP contribution in [0, 0.1) is 13.8 Å². The van der Waals surface area contributed by atoms with Gasteiger partial charge in [0.1, 0.15) is 5.75 Å². The number of aromatic nitrogens is 2. The van der Waals surface area contributed by atoms with Gasteiger partial charge in [-0.3, -0.25) is 0 Å². The topological polar surface area (TPSA) is 35.0 Å². The maximum absolute atomic E-state index is 5.61. The lowest BCUT2D eigenvalue weighted by molar-refractivity contribution is 0.242. The van der Waals surface area contributed by atoms with E-state index in [1.54, 1.807) is 0 Å². The summed E-state index contributed by atoms with van der Waals surface area (Å²) in [7, 11) is 0. The summed E-state index contributed by atoms with van der Waals surface area (Å²) in [6.45, 7) is 8.04. The van der Waals surface area contributed by atoms with Crippen LogP contribution in [0.15, 0.2) is 30.5 Å². The molecule has 0 saturated carbocycles. The molecule has 0 amide bonds. The Morgan fingerprint density at radius 3 is 2.28 bits per heavy atom. The second kappa shape index (κ2) is 5.17. The lowest BCUT2D eigenvalue weighted by Gasteiger charge is -2.10. The van der Waals surface area contributed by atoms with Gasteiger partial charge in [-0.25, -0.2) is 9.97 Å². The Hall–Kier alpha value is -1.90. The summed E-state index contributed by atoms with van der Waals surface area (Å²) >= 11 is 0. The first-order chi connectivity index (χ1) is 8.56. The monoisotopic (exact) mass is 242 g/mol. The molecule has 0 bridgehead atoms. The number of nitrogens with zero attached hydrogens (tertiary/aromatic N) is 2. The zero-order valence-electron chi connectivity index (χ0n) is 11.3. The normalized spacial score (nSPS) is 10.7. The van der Waals surface area contributed by atoms with Gasteiger partial charge < -0.3 is 4.74 Å². The fourth-order valence-corrected chi connectivity index (χ4v) is 1.62. The Morgan fingerprint density at radius 1 is 1.06 bits per heavy atom. The van der Waals surface area contributed by atoms with Gasteiger partial charge in [0.05, 0.1) is 6.10 Å². The van der Waals surface area contributed by atoms with E-state index in [1.165, 1.54) is 0 Å². The molecule has 3 heteroatoms. The van der Waals surface area contributed by atoms with E-state index in [2.05, 4.69) is 9.97 Å². The van der Waals surface area contributed by atoms with Crippen molar-refractivity contribution in [1.82, 2.24) is 9.97 Å². The van der Waals surface area contributed by atoms with Crippen molar-refractivity contribution >= 4 is 0 Å². The van der Waals surface area contributed by atoms with E-state index >= 15 is 0 Å². The summed E-state index contributed by atoms with van der Waals surface area (Å²) in [4.78, 5) is 8.83. The van der Waals surface area contributed by atoms with Gasteiger partial charge in [-0.2, -0.15) is 0 Å². The first-order valence-corrected chi connectivity index (χ1v) is 6.13. The van der Waals surface area contributed by atoms with Gasteiger partial charge >= 0.3 is 0 Å². The Morgan fingerprint density at radius 2 is 1.72 bits per heavy atom. The minimum absolute atomic E-state index is 0.189. The van der Waals surface area contributed by atoms with E-state index in [4.69, 9.17) is 4.74 Å². The number of hydrogen-bond acceptors (Lipinski definition) is 3. The fourth-order valence-electron chi connectivity index (χ4n) is 1.62. The number of rotatable bonds is 3. The number of aryl methyl sites for hydroxylation is 2. The van der Waals surface area contributed by atoms with Crippen molar-refractivity contribution in [2.45, 2.75) is 33.8 Å². The molecule has 2 rings (SSSR count). The molecular formula is C15H18N2O. The van der Waals surface area contributed by atoms with Gasteiger partial charge in [0.25, 0.3) is 0 Å². The highest BCUT2D eigenvalue weighted by molar-refractivity contribution is 5.56. The highest BCUT2D eigenvalue weighted by atomic mass is 16.5. The molecule has 0 aliphatic carbocycles. The number of benzene rings is 1. The van der Waals surface area contributed by atoms with Crippen molar-refractivity contribution in [3.63, 3.8) is 0 Å². The van der Waals surface area contributed by atoms with Crippen LogP contribution in [-0.2, 0) is 0 Å². The molecule has 0 spiro atoms. The SMILES string of the molecule is Cc1cnc(-c2ccc(OC(C)C)cc2)nc1C. The first kappa shape index (κ1) is 12.6. The first-order valence-electron chi connectivity index (χ1n) is 6.13. The molecule has 1 aromatic heterocycles. The summed E-state index contributed by atoms with van der Waals surface area (Å²) in [6, 6.07) is 7.88. The van der Waals surface area contributed by atoms with Crippen LogP contribution in [0.5, 0.6) is 5.75 Å². The molecule has 1 heterocycles. The summed E-state index contributed by atoms with van der Waals surface area (Å²) < 4.78 is 5.61. The predicted octanol–water partition coefficient (Wildman–Crippen LogP) is 3.55. The van der Waals surface area contributed by atoms with Crippen molar-refractivity contribution in [2.24, 2.45) is 0 Å². The molecule has 94 valence electrons. The van der Waals surface area contributed by atoms with Crippen LogP contribution < -0.4 is 4.74 Å². The third-order valence-electron chi connectivity index (χ3n) is 2.71. The van der Waals surface area contributed by atoms with E-state index < -0.39 is 0 Å². The van der Waals surface area contributed by atoms with Crippen molar-refractivity contribution in [1.29, 1.82) is 0 Å². The highest BCUT2D eigenvalue weighted by Crippen LogP contribution is 2.20. The second-order valence-electron chi connectivity index (χ2n) is 4.65. The molecule has 0 atom stereocenters. The van der Waals surface area contributed by atoms with E-state index in [0.717, 1.165) is 28.4 Å². The zero-order valence-corrected chi connectivity index (χ0v) is 11.3. The van der Waals surface area contributed by atoms with E-state index in [9.17, 15) is 0 Å². The molecule has 1 aromatic carbocycles. The standard InChI is InChI=1S/C15H18N2O/c1-10(2)18-14-7-5-13(6-8-14)15-16-9-11(3)12(4)17-15/h5-10H,1-4H3. The van der Waals surface area contributed by atoms with Crippen LogP contribution >= 0.6 is 0 Å². The molecule has 0 unspecified atom stereocenters. The third-order valence-corrected chi connectivity index (χ3v) is 2.71. The van der Waals surface area contributed by atoms with Crippen molar-refractivity contribution in [3.05, 3.63) is 41.7 Å². The molecule has 0 N–H and O–H groups in total. The fraction of sp³-hybridized carbons (Fsp3) is 0.333. The van der Waals surface area contributed by atoms with Gasteiger partial charge in [-0.05, 0) is 57.5 Å². The van der Waals surface area contributed by atoms with Crippen LogP contribution in [0.3, 0.4) is 0 Å². The molecule has 18 heavy (non-hydrogen) atoms. The molecule has 0 radical (unpaired) electrons. The Labute approximate surface area is 108 Å². The molecule has 0 aliphatic heterocycles. The van der Waals surface area contributed by atoms with E-state index in [1.807, 2.05) is 58.2 Å². The van der Waals surface area contributed by atoms with Crippen LogP contribution in [0.4, 0.5) is 0 Å². The van der Waals surface area contributed by atoms with Crippen LogP contribution in [0.1, 0.15) is 25.1 Å². The number of ether oxygens (including phenoxy) is 1. The summed E-state index contributed by atoms with van der Waals surface area (Å²) in [5, 5.41) is 0. The summed E-state index contributed by atoms with van der Waals surface area (Å²) in [5.74, 6) is 1.63. The minimum atomic E-state index is 0.189. The smallest absolute Gasteiger partial charge is 0.159 e. The average molecular weight is 242 g/mol. The second-order valence-corrected chi connectivity index (χ2v) is 4.65. The van der Waals surface area contributed by atoms with Crippen molar-refractivity contribution < 1.29 is 4.74 Å². The summed E-state index contributed by atoms with van der Waals surface area (Å²) in [6.07, 6.45) is 2.05. The largest absolute Gasteiger partial charge is 0.491 e. The Balaban J connectivity index is 2.25. The molecule has 2 aromatic rings. The predicted molar refractivity (Wildman–Crippen MR) is 72.7 cm³/mol. The summed E-state index contributed by atoms with van der Waals surface area (Å²) in [5.41, 5.74) is 3.13. The quantitative estimate of drug-likeness (QED) is 0.825. The van der Waals surface area contributed by atoms with Gasteiger partial charge in [0.2, 0.25) is 0 Å². The Kier molecular flexibility index (Phi) is 3.60. The lowest BCUT2D eigenvalue weighted by Crippen LogP contribution is -2.05. The minimum Gasteiger partial charge on any atom is -0.491 e. The molecule has 0 aliphatic rings. The molecule has 0 fully saturated rings. The van der Waals surface area contributed by atoms with Gasteiger partial charge in [-0.1, -0.05) is 0 Å². The molecule has 0 saturated heterocycles. The third kappa shape index (κ3) is 2.86. The molecular weight excluding hydrogens is 224 g/mol. The average Bonchev–Trinajstić information content (AvgIpc) is 2.33. The van der Waals surface area contributed by atoms with Crippen LogP contribution in [0.25, 0.3) is 11.4 Å². The van der Waals surface area contributed by atoms with Gasteiger partial charge in [0, 0.05) is 17.5 Å². The van der Waals surface area contributed by atoms with Gasteiger partial charge in [-0.15, -0.1) is 0 Å². The van der Waals surface area contributed by atoms with Crippen molar-refractivity contribution in [3.8, 4) is 17.1 Å². The lowest BCUT2D eigenvalue weighted by atomic mass is 10.2. The number of hydrogen-bond donors (Lipinski definition) is 0.